The Morgan fingerprint density at radius 1 is 1.00 bits per heavy atom. The van der Waals surface area contributed by atoms with Crippen LogP contribution in [-0.4, -0.2) is 18.4 Å². The van der Waals surface area contributed by atoms with Crippen LogP contribution in [0.15, 0.2) is 76.6 Å². The first-order chi connectivity index (χ1) is 12.6. The first kappa shape index (κ1) is 18.4. The lowest BCUT2D eigenvalue weighted by atomic mass is 10.1. The second kappa shape index (κ2) is 8.78. The van der Waals surface area contributed by atoms with Crippen LogP contribution < -0.4 is 10.6 Å². The molecule has 6 heteroatoms. The first-order valence-corrected chi connectivity index (χ1v) is 9.72. The molecule has 2 aromatic carbocycles. The molecule has 132 valence electrons. The summed E-state index contributed by atoms with van der Waals surface area (Å²) in [5.74, 6) is -0.524. The van der Waals surface area contributed by atoms with E-state index in [0.29, 0.717) is 5.56 Å². The SMILES string of the molecule is O=C(CNC(=O)c1cccc(Br)c1)NC(c1ccccc1)c1cccs1. The standard InChI is InChI=1S/C20H17BrN2O2S/c21-16-9-4-8-15(12-16)20(25)22-13-18(24)23-19(17-10-5-11-26-17)14-6-2-1-3-7-14/h1-12,19H,13H2,(H,22,25)(H,23,24). The highest BCUT2D eigenvalue weighted by Gasteiger charge is 2.18. The fourth-order valence-corrected chi connectivity index (χ4v) is 3.73. The average Bonchev–Trinajstić information content (AvgIpc) is 3.19. The van der Waals surface area contributed by atoms with Crippen LogP contribution in [-0.2, 0) is 4.79 Å². The van der Waals surface area contributed by atoms with Gasteiger partial charge in [-0.05, 0) is 35.2 Å². The Hall–Kier alpha value is -2.44. The number of amides is 2. The third-order valence-corrected chi connectivity index (χ3v) is 5.19. The number of rotatable bonds is 6. The molecule has 1 heterocycles. The molecule has 0 aliphatic rings. The normalized spacial score (nSPS) is 11.6. The molecule has 4 nitrogen and oxygen atoms in total. The van der Waals surface area contributed by atoms with Crippen LogP contribution >= 0.6 is 27.3 Å². The lowest BCUT2D eigenvalue weighted by molar-refractivity contribution is -0.120. The minimum Gasteiger partial charge on any atom is -0.343 e. The Morgan fingerprint density at radius 3 is 2.50 bits per heavy atom. The third kappa shape index (κ3) is 4.80. The highest BCUT2D eigenvalue weighted by atomic mass is 79.9. The Labute approximate surface area is 164 Å². The predicted octanol–water partition coefficient (Wildman–Crippen LogP) is 4.15. The Morgan fingerprint density at radius 2 is 1.81 bits per heavy atom. The molecule has 3 rings (SSSR count). The van der Waals surface area contributed by atoms with E-state index >= 15 is 0 Å². The van der Waals surface area contributed by atoms with Crippen molar-refractivity contribution in [3.63, 3.8) is 0 Å². The molecule has 0 spiro atoms. The summed E-state index contributed by atoms with van der Waals surface area (Å²) in [5.41, 5.74) is 1.51. The van der Waals surface area contributed by atoms with Crippen molar-refractivity contribution in [3.05, 3.63) is 92.6 Å². The van der Waals surface area contributed by atoms with Gasteiger partial charge in [0.2, 0.25) is 5.91 Å². The van der Waals surface area contributed by atoms with E-state index < -0.39 is 0 Å². The van der Waals surface area contributed by atoms with Crippen LogP contribution in [0.4, 0.5) is 0 Å². The predicted molar refractivity (Wildman–Crippen MR) is 107 cm³/mol. The van der Waals surface area contributed by atoms with Gasteiger partial charge in [0.15, 0.2) is 0 Å². The van der Waals surface area contributed by atoms with Gasteiger partial charge in [0.25, 0.3) is 5.91 Å². The fraction of sp³-hybridized carbons (Fsp3) is 0.100. The molecule has 0 fully saturated rings. The lowest BCUT2D eigenvalue weighted by Crippen LogP contribution is -2.38. The largest absolute Gasteiger partial charge is 0.343 e. The first-order valence-electron chi connectivity index (χ1n) is 8.05. The molecule has 0 saturated carbocycles. The Kier molecular flexibility index (Phi) is 6.20. The maximum absolute atomic E-state index is 12.4. The quantitative estimate of drug-likeness (QED) is 0.619. The van der Waals surface area contributed by atoms with E-state index in [-0.39, 0.29) is 24.4 Å². The van der Waals surface area contributed by atoms with E-state index in [1.54, 1.807) is 29.5 Å². The minimum atomic E-state index is -0.283. The zero-order valence-electron chi connectivity index (χ0n) is 13.8. The molecule has 2 N–H and O–H groups in total. The second-order valence-corrected chi connectivity index (χ2v) is 7.51. The third-order valence-electron chi connectivity index (χ3n) is 3.76. The number of benzene rings is 2. The van der Waals surface area contributed by atoms with Gasteiger partial charge in [-0.2, -0.15) is 0 Å². The lowest BCUT2D eigenvalue weighted by Gasteiger charge is -2.18. The number of halogens is 1. The van der Waals surface area contributed by atoms with E-state index in [1.165, 1.54) is 0 Å². The van der Waals surface area contributed by atoms with Crippen LogP contribution in [0.3, 0.4) is 0 Å². The van der Waals surface area contributed by atoms with Crippen molar-refractivity contribution in [1.82, 2.24) is 10.6 Å². The van der Waals surface area contributed by atoms with Gasteiger partial charge in [0, 0.05) is 14.9 Å². The van der Waals surface area contributed by atoms with Gasteiger partial charge in [-0.1, -0.05) is 58.4 Å². The van der Waals surface area contributed by atoms with E-state index in [1.807, 2.05) is 53.9 Å². The molecular formula is C20H17BrN2O2S. The van der Waals surface area contributed by atoms with Gasteiger partial charge in [-0.25, -0.2) is 0 Å². The maximum Gasteiger partial charge on any atom is 0.251 e. The van der Waals surface area contributed by atoms with E-state index in [4.69, 9.17) is 0 Å². The van der Waals surface area contributed by atoms with Crippen LogP contribution in [0.1, 0.15) is 26.8 Å². The number of hydrogen-bond acceptors (Lipinski definition) is 3. The number of nitrogens with one attached hydrogen (secondary N) is 2. The molecule has 26 heavy (non-hydrogen) atoms. The Balaban J connectivity index is 1.64. The zero-order valence-corrected chi connectivity index (χ0v) is 16.2. The van der Waals surface area contributed by atoms with E-state index in [9.17, 15) is 9.59 Å². The van der Waals surface area contributed by atoms with Crippen molar-refractivity contribution >= 4 is 39.1 Å². The van der Waals surface area contributed by atoms with E-state index in [2.05, 4.69) is 26.6 Å². The van der Waals surface area contributed by atoms with Gasteiger partial charge in [0.1, 0.15) is 0 Å². The summed E-state index contributed by atoms with van der Waals surface area (Å²) < 4.78 is 0.816. The highest BCUT2D eigenvalue weighted by molar-refractivity contribution is 9.10. The van der Waals surface area contributed by atoms with Gasteiger partial charge in [0.05, 0.1) is 12.6 Å². The van der Waals surface area contributed by atoms with Crippen LogP contribution in [0.5, 0.6) is 0 Å². The summed E-state index contributed by atoms with van der Waals surface area (Å²) in [6, 6.07) is 20.5. The van der Waals surface area contributed by atoms with Crippen molar-refractivity contribution < 1.29 is 9.59 Å². The van der Waals surface area contributed by atoms with Crippen molar-refractivity contribution in [2.45, 2.75) is 6.04 Å². The Bertz CT molecular complexity index is 882. The zero-order chi connectivity index (χ0) is 18.4. The number of hydrogen-bond donors (Lipinski definition) is 2. The average molecular weight is 429 g/mol. The summed E-state index contributed by atoms with van der Waals surface area (Å²) in [5, 5.41) is 7.64. The molecular weight excluding hydrogens is 412 g/mol. The fourth-order valence-electron chi connectivity index (χ4n) is 2.52. The number of carbonyl (C=O) groups is 2. The highest BCUT2D eigenvalue weighted by Crippen LogP contribution is 2.25. The second-order valence-electron chi connectivity index (χ2n) is 5.62. The topological polar surface area (TPSA) is 58.2 Å². The van der Waals surface area contributed by atoms with Crippen LogP contribution in [0.25, 0.3) is 0 Å². The van der Waals surface area contributed by atoms with Gasteiger partial charge in [-0.15, -0.1) is 11.3 Å². The summed E-state index contributed by atoms with van der Waals surface area (Å²) in [4.78, 5) is 25.6. The molecule has 0 saturated heterocycles. The summed E-state index contributed by atoms with van der Waals surface area (Å²) >= 11 is 4.92. The molecule has 0 aliphatic heterocycles. The molecule has 0 bridgehead atoms. The van der Waals surface area contributed by atoms with Crippen molar-refractivity contribution in [1.29, 1.82) is 0 Å². The van der Waals surface area contributed by atoms with E-state index in [0.717, 1.165) is 14.9 Å². The van der Waals surface area contributed by atoms with Crippen molar-refractivity contribution in [3.8, 4) is 0 Å². The molecule has 2 amide bonds. The van der Waals surface area contributed by atoms with Crippen LogP contribution in [0.2, 0.25) is 0 Å². The number of carbonyl (C=O) groups excluding carboxylic acids is 2. The number of thiophene rings is 1. The molecule has 0 radical (unpaired) electrons. The van der Waals surface area contributed by atoms with Gasteiger partial charge in [-0.3, -0.25) is 9.59 Å². The summed E-state index contributed by atoms with van der Waals surface area (Å²) in [6.07, 6.45) is 0. The van der Waals surface area contributed by atoms with Gasteiger partial charge >= 0.3 is 0 Å². The molecule has 3 aromatic rings. The summed E-state index contributed by atoms with van der Waals surface area (Å²) in [7, 11) is 0. The smallest absolute Gasteiger partial charge is 0.251 e. The minimum absolute atomic E-state index is 0.0833. The molecule has 0 aliphatic carbocycles. The molecule has 1 atom stereocenters. The molecule has 1 aromatic heterocycles. The molecule has 1 unspecified atom stereocenters. The van der Waals surface area contributed by atoms with Crippen molar-refractivity contribution in [2.24, 2.45) is 0 Å². The monoisotopic (exact) mass is 428 g/mol. The van der Waals surface area contributed by atoms with Gasteiger partial charge < -0.3 is 10.6 Å². The maximum atomic E-state index is 12.4. The van der Waals surface area contributed by atoms with Crippen molar-refractivity contribution in [2.75, 3.05) is 6.54 Å². The van der Waals surface area contributed by atoms with Crippen LogP contribution in [0, 0.1) is 0 Å². The summed E-state index contributed by atoms with van der Waals surface area (Å²) in [6.45, 7) is -0.0833.